The van der Waals surface area contributed by atoms with E-state index in [1.54, 1.807) is 6.33 Å². The number of rotatable bonds is 3. The summed E-state index contributed by atoms with van der Waals surface area (Å²) in [5.41, 5.74) is 3.88. The molecule has 2 heterocycles. The van der Waals surface area contributed by atoms with E-state index in [-0.39, 0.29) is 0 Å². The van der Waals surface area contributed by atoms with Gasteiger partial charge in [-0.15, -0.1) is 11.3 Å². The van der Waals surface area contributed by atoms with E-state index >= 15 is 0 Å². The van der Waals surface area contributed by atoms with E-state index in [0.29, 0.717) is 6.42 Å². The van der Waals surface area contributed by atoms with E-state index in [2.05, 4.69) is 15.0 Å². The number of fused-ring (bicyclic) bond motifs is 1. The monoisotopic (exact) mass is 243 g/mol. The van der Waals surface area contributed by atoms with E-state index in [0.717, 1.165) is 33.6 Å². The van der Waals surface area contributed by atoms with Crippen LogP contribution in [0.3, 0.4) is 0 Å². The van der Waals surface area contributed by atoms with Crippen LogP contribution in [0.5, 0.6) is 0 Å². The molecule has 0 unspecified atom stereocenters. The van der Waals surface area contributed by atoms with Crippen molar-refractivity contribution < 1.29 is 4.79 Å². The summed E-state index contributed by atoms with van der Waals surface area (Å²) in [6.45, 7) is 0. The molecule has 0 aliphatic rings. The van der Waals surface area contributed by atoms with Gasteiger partial charge in [-0.3, -0.25) is 0 Å². The summed E-state index contributed by atoms with van der Waals surface area (Å²) in [5.74, 6) is 0. The zero-order chi connectivity index (χ0) is 11.7. The fourth-order valence-electron chi connectivity index (χ4n) is 1.70. The van der Waals surface area contributed by atoms with Gasteiger partial charge < -0.3 is 9.78 Å². The Labute approximate surface area is 101 Å². The van der Waals surface area contributed by atoms with Crippen molar-refractivity contribution in [2.75, 3.05) is 0 Å². The minimum Gasteiger partial charge on any atom is -0.345 e. The summed E-state index contributed by atoms with van der Waals surface area (Å²) in [5, 5.41) is 2.82. The average molecular weight is 243 g/mol. The van der Waals surface area contributed by atoms with Crippen LogP contribution < -0.4 is 0 Å². The van der Waals surface area contributed by atoms with Crippen LogP contribution in [0.1, 0.15) is 5.01 Å². The second-order valence-corrected chi connectivity index (χ2v) is 4.57. The van der Waals surface area contributed by atoms with Gasteiger partial charge in [0.25, 0.3) is 0 Å². The van der Waals surface area contributed by atoms with Crippen molar-refractivity contribution in [3.05, 3.63) is 34.9 Å². The fourth-order valence-corrected chi connectivity index (χ4v) is 2.46. The number of nitrogens with one attached hydrogen (secondary N) is 1. The van der Waals surface area contributed by atoms with E-state index in [1.165, 1.54) is 11.3 Å². The Morgan fingerprint density at radius 3 is 3.24 bits per heavy atom. The molecule has 1 aromatic carbocycles. The van der Waals surface area contributed by atoms with Gasteiger partial charge in [0.15, 0.2) is 0 Å². The molecule has 5 heteroatoms. The average Bonchev–Trinajstić information content (AvgIpc) is 2.96. The summed E-state index contributed by atoms with van der Waals surface area (Å²) in [6, 6.07) is 5.96. The quantitative estimate of drug-likeness (QED) is 0.719. The van der Waals surface area contributed by atoms with Crippen molar-refractivity contribution in [1.82, 2.24) is 15.0 Å². The second-order valence-electron chi connectivity index (χ2n) is 3.63. The summed E-state index contributed by atoms with van der Waals surface area (Å²) in [6.07, 6.45) is 2.94. The number of hydrogen-bond acceptors (Lipinski definition) is 4. The highest BCUT2D eigenvalue weighted by atomic mass is 32.1. The molecular formula is C12H9N3OS. The number of hydrogen-bond donors (Lipinski definition) is 1. The van der Waals surface area contributed by atoms with Crippen LogP contribution in [0.4, 0.5) is 0 Å². The first-order chi connectivity index (χ1) is 8.36. The lowest BCUT2D eigenvalue weighted by Gasteiger charge is -1.96. The molecule has 3 aromatic rings. The highest BCUT2D eigenvalue weighted by molar-refractivity contribution is 7.10. The first-order valence-electron chi connectivity index (χ1n) is 5.18. The maximum atomic E-state index is 10.4. The van der Waals surface area contributed by atoms with Crippen LogP contribution in [0.15, 0.2) is 29.9 Å². The molecule has 0 aliphatic heterocycles. The van der Waals surface area contributed by atoms with Crippen LogP contribution in [0.2, 0.25) is 0 Å². The van der Waals surface area contributed by atoms with Crippen molar-refractivity contribution in [3.8, 4) is 11.3 Å². The third kappa shape index (κ3) is 1.85. The third-order valence-electron chi connectivity index (χ3n) is 2.53. The number of aldehydes is 1. The maximum Gasteiger partial charge on any atom is 0.126 e. The number of carbonyl (C=O) groups is 1. The Balaban J connectivity index is 2.03. The first-order valence-corrected chi connectivity index (χ1v) is 6.06. The minimum atomic E-state index is 0.386. The van der Waals surface area contributed by atoms with E-state index in [9.17, 15) is 4.79 Å². The molecule has 0 bridgehead atoms. The first kappa shape index (κ1) is 10.2. The molecule has 0 saturated heterocycles. The van der Waals surface area contributed by atoms with Gasteiger partial charge in [0.05, 0.1) is 29.5 Å². The number of thiazole rings is 1. The molecule has 0 saturated carbocycles. The molecule has 2 aromatic heterocycles. The highest BCUT2D eigenvalue weighted by Gasteiger charge is 2.05. The van der Waals surface area contributed by atoms with Crippen LogP contribution in [-0.2, 0) is 11.2 Å². The number of aromatic amines is 1. The van der Waals surface area contributed by atoms with Gasteiger partial charge in [-0.05, 0) is 12.1 Å². The summed E-state index contributed by atoms with van der Waals surface area (Å²) < 4.78 is 0. The zero-order valence-corrected chi connectivity index (χ0v) is 9.70. The van der Waals surface area contributed by atoms with Crippen molar-refractivity contribution in [2.45, 2.75) is 6.42 Å². The number of aromatic nitrogens is 3. The molecule has 0 atom stereocenters. The molecule has 4 nitrogen and oxygen atoms in total. The van der Waals surface area contributed by atoms with Crippen molar-refractivity contribution in [2.24, 2.45) is 0 Å². The number of benzene rings is 1. The number of carbonyl (C=O) groups excluding carboxylic acids is 1. The lowest BCUT2D eigenvalue weighted by atomic mass is 10.1. The SMILES string of the molecule is O=CCc1nc(-c2ccc3nc[nH]c3c2)cs1. The van der Waals surface area contributed by atoms with E-state index in [4.69, 9.17) is 0 Å². The van der Waals surface area contributed by atoms with Crippen LogP contribution >= 0.6 is 11.3 Å². The molecule has 0 amide bonds. The number of H-pyrrole nitrogens is 1. The fraction of sp³-hybridized carbons (Fsp3) is 0.0833. The molecule has 0 spiro atoms. The molecule has 1 N–H and O–H groups in total. The standard InChI is InChI=1S/C12H9N3OS/c16-4-3-12-15-11(6-17-12)8-1-2-9-10(5-8)14-7-13-9/h1-2,4-7H,3H2,(H,13,14). The van der Waals surface area contributed by atoms with Gasteiger partial charge in [-0.2, -0.15) is 0 Å². The zero-order valence-electron chi connectivity index (χ0n) is 8.88. The molecule has 3 rings (SSSR count). The summed E-state index contributed by atoms with van der Waals surface area (Å²) >= 11 is 1.51. The van der Waals surface area contributed by atoms with Gasteiger partial charge in [0.1, 0.15) is 11.3 Å². The normalized spacial score (nSPS) is 10.8. The van der Waals surface area contributed by atoms with Gasteiger partial charge >= 0.3 is 0 Å². The highest BCUT2D eigenvalue weighted by Crippen LogP contribution is 2.24. The Morgan fingerprint density at radius 2 is 2.35 bits per heavy atom. The number of nitrogens with zero attached hydrogens (tertiary/aromatic N) is 2. The Morgan fingerprint density at radius 1 is 1.41 bits per heavy atom. The van der Waals surface area contributed by atoms with Gasteiger partial charge in [0, 0.05) is 10.9 Å². The van der Waals surface area contributed by atoms with Crippen molar-refractivity contribution >= 4 is 28.7 Å². The smallest absolute Gasteiger partial charge is 0.126 e. The molecule has 0 fully saturated rings. The predicted molar refractivity (Wildman–Crippen MR) is 67.0 cm³/mol. The largest absolute Gasteiger partial charge is 0.345 e. The lowest BCUT2D eigenvalue weighted by molar-refractivity contribution is -0.107. The predicted octanol–water partition coefficient (Wildman–Crippen LogP) is 2.43. The second kappa shape index (κ2) is 4.10. The summed E-state index contributed by atoms with van der Waals surface area (Å²) in [7, 11) is 0. The van der Waals surface area contributed by atoms with Crippen LogP contribution in [-0.4, -0.2) is 21.2 Å². The molecule has 84 valence electrons. The van der Waals surface area contributed by atoms with E-state index in [1.807, 2.05) is 23.6 Å². The van der Waals surface area contributed by atoms with Crippen molar-refractivity contribution in [3.63, 3.8) is 0 Å². The van der Waals surface area contributed by atoms with E-state index < -0.39 is 0 Å². The third-order valence-corrected chi connectivity index (χ3v) is 3.40. The Kier molecular flexibility index (Phi) is 2.45. The van der Waals surface area contributed by atoms with Gasteiger partial charge in [-0.25, -0.2) is 9.97 Å². The number of imidazole rings is 1. The van der Waals surface area contributed by atoms with Gasteiger partial charge in [0.2, 0.25) is 0 Å². The molecular weight excluding hydrogens is 234 g/mol. The van der Waals surface area contributed by atoms with Gasteiger partial charge in [-0.1, -0.05) is 6.07 Å². The Hall–Kier alpha value is -2.01. The Bertz CT molecular complexity index is 671. The lowest BCUT2D eigenvalue weighted by Crippen LogP contribution is -1.84. The van der Waals surface area contributed by atoms with Crippen LogP contribution in [0, 0.1) is 0 Å². The minimum absolute atomic E-state index is 0.386. The molecule has 0 aliphatic carbocycles. The topological polar surface area (TPSA) is 58.6 Å². The van der Waals surface area contributed by atoms with Crippen LogP contribution in [0.25, 0.3) is 22.3 Å². The summed E-state index contributed by atoms with van der Waals surface area (Å²) in [4.78, 5) is 22.1. The van der Waals surface area contributed by atoms with Crippen molar-refractivity contribution in [1.29, 1.82) is 0 Å². The molecule has 0 radical (unpaired) electrons. The maximum absolute atomic E-state index is 10.4. The molecule has 17 heavy (non-hydrogen) atoms.